The van der Waals surface area contributed by atoms with Gasteiger partial charge in [0.25, 0.3) is 0 Å². The second-order valence-electron chi connectivity index (χ2n) is 1.69. The molecule has 0 bridgehead atoms. The van der Waals surface area contributed by atoms with Gasteiger partial charge >= 0.3 is 35.8 Å². The van der Waals surface area contributed by atoms with Crippen molar-refractivity contribution in [1.82, 2.24) is 0 Å². The van der Waals surface area contributed by atoms with E-state index in [-0.39, 0.29) is 0 Å². The molecule has 0 aromatic heterocycles. The number of carbonyl (C=O) groups excluding carboxylic acids is 2. The van der Waals surface area contributed by atoms with Gasteiger partial charge in [0.15, 0.2) is 0 Å². The molecule has 0 saturated heterocycles. The monoisotopic (exact) mass is 275 g/mol. The Morgan fingerprint density at radius 1 is 1.21 bits per heavy atom. The summed E-state index contributed by atoms with van der Waals surface area (Å²) in [6, 6.07) is 8.04. The van der Waals surface area contributed by atoms with Crippen molar-refractivity contribution >= 4 is 14.6 Å². The average Bonchev–Trinajstić information content (AvgIpc) is 2.75. The van der Waals surface area contributed by atoms with Crippen molar-refractivity contribution < 1.29 is 27.2 Å². The van der Waals surface area contributed by atoms with Crippen molar-refractivity contribution in [2.24, 2.45) is 0 Å². The largest absolute Gasteiger partial charge is 0.577 e. The van der Waals surface area contributed by atoms with E-state index >= 15 is 0 Å². The molecule has 0 saturated carbocycles. The van der Waals surface area contributed by atoms with Crippen molar-refractivity contribution in [1.29, 1.82) is 0 Å². The first-order valence-electron chi connectivity index (χ1n) is 3.27. The van der Waals surface area contributed by atoms with Gasteiger partial charge in [0, 0.05) is 0 Å². The molecule has 14 heavy (non-hydrogen) atoms. The molecule has 0 radical (unpaired) electrons. The molecule has 0 aliphatic carbocycles. The van der Waals surface area contributed by atoms with Crippen LogP contribution in [-0.4, -0.2) is 8.53 Å². The van der Waals surface area contributed by atoms with Gasteiger partial charge in [-0.3, -0.25) is 0 Å². The summed E-state index contributed by atoms with van der Waals surface area (Å²) in [5, 5.41) is 0. The first kappa shape index (κ1) is 15.0. The van der Waals surface area contributed by atoms with E-state index in [0.29, 0.717) is 0 Å². The van der Waals surface area contributed by atoms with Crippen LogP contribution in [0.5, 0.6) is 0 Å². The molecule has 1 rings (SSSR count). The SMILES string of the molecule is C=C[c-]1cccc1.O=[C]=[Mo+2]=[C]=O.[N-]=O. The predicted molar refractivity (Wildman–Crippen MR) is 50.2 cm³/mol. The van der Waals surface area contributed by atoms with Crippen LogP contribution in [0.25, 0.3) is 11.7 Å². The standard InChI is InChI=1S/C7H7.2CO.Mo.NO/c1-2-7-5-3-4-6-7;2*1-2;;1-2/h2-6H,1H2;;;;/q-1;;;+2;-1. The van der Waals surface area contributed by atoms with Crippen LogP contribution in [0.4, 0.5) is 0 Å². The van der Waals surface area contributed by atoms with Gasteiger partial charge in [-0.2, -0.15) is 18.7 Å². The number of hydrogen-bond acceptors (Lipinski definition) is 3. The summed E-state index contributed by atoms with van der Waals surface area (Å²) in [7, 11) is 0. The van der Waals surface area contributed by atoms with Crippen LogP contribution in [0.15, 0.2) is 30.8 Å². The fraction of sp³-hybridized carbons (Fsp3) is 0. The second kappa shape index (κ2) is 14.1. The van der Waals surface area contributed by atoms with Crippen molar-refractivity contribution in [2.45, 2.75) is 0 Å². The Balaban J connectivity index is 0. The smallest absolute Gasteiger partial charge is 0.423 e. The van der Waals surface area contributed by atoms with Crippen LogP contribution in [0.1, 0.15) is 5.56 Å². The maximum atomic E-state index is 9.08. The Kier molecular flexibility index (Phi) is 15.1. The van der Waals surface area contributed by atoms with E-state index in [9.17, 15) is 0 Å². The minimum Gasteiger partial charge on any atom is -0.577 e. The van der Waals surface area contributed by atoms with Crippen LogP contribution in [0, 0.1) is 4.91 Å². The molecule has 0 spiro atoms. The summed E-state index contributed by atoms with van der Waals surface area (Å²) >= 11 is -1.12. The van der Waals surface area contributed by atoms with Gasteiger partial charge in [0.2, 0.25) is 0 Å². The Morgan fingerprint density at radius 3 is 1.79 bits per heavy atom. The molecule has 1 aromatic carbocycles. The van der Waals surface area contributed by atoms with Gasteiger partial charge in [0.05, 0.1) is 0 Å². The van der Waals surface area contributed by atoms with E-state index in [1.54, 1.807) is 0 Å². The molecule has 0 N–H and O–H groups in total. The first-order valence-corrected chi connectivity index (χ1v) is 5.28. The third-order valence-electron chi connectivity index (χ3n) is 1.01. The molecule has 0 fully saturated rings. The second-order valence-corrected chi connectivity index (χ2v) is 3.01. The Morgan fingerprint density at radius 2 is 1.64 bits per heavy atom. The number of nitroso groups, excluding NO2 is 1. The summed E-state index contributed by atoms with van der Waals surface area (Å²) in [5.74, 6) is 0. The molecular weight excluding hydrogens is 266 g/mol. The number of nitrogens with zero attached hydrogens (tertiary/aromatic N) is 1. The molecule has 4 nitrogen and oxygen atoms in total. The van der Waals surface area contributed by atoms with Crippen LogP contribution >= 0.6 is 0 Å². The average molecular weight is 273 g/mol. The molecule has 0 unspecified atom stereocenters. The summed E-state index contributed by atoms with van der Waals surface area (Å²) in [6.07, 6.45) is 1.83. The minimum atomic E-state index is -1.12. The Bertz CT molecular complexity index is 330. The molecule has 0 aliphatic heterocycles. The topological polar surface area (TPSA) is 73.5 Å². The van der Waals surface area contributed by atoms with E-state index < -0.39 is 17.6 Å². The first-order chi connectivity index (χ1) is 6.85. The van der Waals surface area contributed by atoms with Crippen molar-refractivity contribution in [3.8, 4) is 0 Å². The van der Waals surface area contributed by atoms with Gasteiger partial charge in [-0.05, 0) is 0 Å². The van der Waals surface area contributed by atoms with Crippen LogP contribution in [0.3, 0.4) is 0 Å². The summed E-state index contributed by atoms with van der Waals surface area (Å²) < 4.78 is 2.95. The molecule has 0 aliphatic rings. The van der Waals surface area contributed by atoms with Gasteiger partial charge in [-0.15, -0.1) is 23.8 Å². The van der Waals surface area contributed by atoms with E-state index in [4.69, 9.17) is 20.1 Å². The number of hydrogen-bond donors (Lipinski definition) is 0. The van der Waals surface area contributed by atoms with Gasteiger partial charge in [0.1, 0.15) is 0 Å². The molecular formula is C9H7MoNO3. The Hall–Kier alpha value is -1.46. The van der Waals surface area contributed by atoms with Gasteiger partial charge in [-0.25, -0.2) is 0 Å². The van der Waals surface area contributed by atoms with E-state index in [0.717, 1.165) is 0 Å². The molecule has 0 atom stereocenters. The van der Waals surface area contributed by atoms with Crippen molar-refractivity contribution in [3.63, 3.8) is 0 Å². The van der Waals surface area contributed by atoms with Gasteiger partial charge in [-0.1, -0.05) is 0 Å². The Labute approximate surface area is 88.9 Å². The fourth-order valence-electron chi connectivity index (χ4n) is 0.542. The normalized spacial score (nSPS) is 5.71. The summed E-state index contributed by atoms with van der Waals surface area (Å²) in [4.78, 5) is 25.4. The van der Waals surface area contributed by atoms with Crippen LogP contribution < -0.4 is 0 Å². The third kappa shape index (κ3) is 10.5. The maximum absolute atomic E-state index is 9.08. The fourth-order valence-corrected chi connectivity index (χ4v) is 0.626. The van der Waals surface area contributed by atoms with E-state index in [1.807, 2.05) is 30.3 Å². The van der Waals surface area contributed by atoms with Crippen molar-refractivity contribution in [3.05, 3.63) is 46.9 Å². The molecule has 5 heteroatoms. The maximum Gasteiger partial charge on any atom is -0.423 e. The molecule has 0 heterocycles. The van der Waals surface area contributed by atoms with E-state index in [1.165, 1.54) is 14.1 Å². The zero-order chi connectivity index (χ0) is 11.2. The minimum absolute atomic E-state index is 1.12. The number of rotatable bonds is 1. The third-order valence-corrected chi connectivity index (χ3v) is 1.42. The van der Waals surface area contributed by atoms with E-state index in [2.05, 4.69) is 6.58 Å². The van der Waals surface area contributed by atoms with Crippen LogP contribution in [-0.2, 0) is 27.2 Å². The molecule has 72 valence electrons. The quantitative estimate of drug-likeness (QED) is 0.575. The van der Waals surface area contributed by atoms with Crippen molar-refractivity contribution in [2.75, 3.05) is 0 Å². The predicted octanol–water partition coefficient (Wildman–Crippen LogP) is 1.57. The van der Waals surface area contributed by atoms with Gasteiger partial charge < -0.3 is 10.5 Å². The zero-order valence-corrected chi connectivity index (χ0v) is 9.18. The molecule has 1 aromatic rings. The molecule has 0 amide bonds. The summed E-state index contributed by atoms with van der Waals surface area (Å²) in [5.41, 5.74) is 6.94. The zero-order valence-electron chi connectivity index (χ0n) is 7.17. The van der Waals surface area contributed by atoms with Crippen LogP contribution in [0.2, 0.25) is 0 Å². The summed E-state index contributed by atoms with van der Waals surface area (Å²) in [6.45, 7) is 3.60.